The number of fused-ring (bicyclic) bond motifs is 2. The molecule has 1 saturated carbocycles. The number of carboxylic acids is 1. The largest absolute Gasteiger partial charge is 0.475 e. The van der Waals surface area contributed by atoms with Gasteiger partial charge in [-0.15, -0.1) is 0 Å². The highest BCUT2D eigenvalue weighted by Gasteiger charge is 2.69. The van der Waals surface area contributed by atoms with Crippen LogP contribution in [0.15, 0.2) is 16.5 Å². The highest BCUT2D eigenvalue weighted by Crippen LogP contribution is 2.60. The summed E-state index contributed by atoms with van der Waals surface area (Å²) in [5.41, 5.74) is -0.617. The molecule has 5 fully saturated rings. The Bertz CT molecular complexity index is 791. The number of furan rings is 1. The van der Waals surface area contributed by atoms with Gasteiger partial charge in [0.05, 0.1) is 0 Å². The van der Waals surface area contributed by atoms with Crippen LogP contribution in [0.5, 0.6) is 0 Å². The Morgan fingerprint density at radius 3 is 2.79 bits per heavy atom. The zero-order valence-corrected chi connectivity index (χ0v) is 17.0. The first kappa shape index (κ1) is 19.5. The lowest BCUT2D eigenvalue weighted by molar-refractivity contribution is -0.577. The minimum atomic E-state index is -1.10. The van der Waals surface area contributed by atoms with E-state index in [0.717, 1.165) is 25.7 Å². The van der Waals surface area contributed by atoms with Crippen molar-refractivity contribution in [2.24, 2.45) is 23.7 Å². The zero-order valence-electron chi connectivity index (χ0n) is 17.0. The third kappa shape index (κ3) is 2.96. The van der Waals surface area contributed by atoms with Crippen LogP contribution in [0, 0.1) is 23.7 Å². The molecule has 8 nitrogen and oxygen atoms in total. The van der Waals surface area contributed by atoms with Gasteiger partial charge in [0.1, 0.15) is 12.4 Å². The highest BCUT2D eigenvalue weighted by molar-refractivity contribution is 5.84. The average Bonchev–Trinajstić information content (AvgIpc) is 3.05. The first-order valence-corrected chi connectivity index (χ1v) is 10.5. The zero-order chi connectivity index (χ0) is 20.4. The molecule has 0 unspecified atom stereocenters. The number of carboxylic acid groups (broad SMARTS) is 1. The highest BCUT2D eigenvalue weighted by atomic mass is 17.3. The number of aromatic carboxylic acids is 1. The third-order valence-electron chi connectivity index (χ3n) is 7.36. The van der Waals surface area contributed by atoms with E-state index < -0.39 is 29.9 Å². The van der Waals surface area contributed by atoms with Gasteiger partial charge in [0.2, 0.25) is 11.5 Å². The number of rotatable bonds is 4. The second kappa shape index (κ2) is 6.78. The summed E-state index contributed by atoms with van der Waals surface area (Å²) in [6.07, 6.45) is 2.80. The van der Waals surface area contributed by atoms with Gasteiger partial charge in [0.25, 0.3) is 0 Å². The molecule has 1 aliphatic carbocycles. The Morgan fingerprint density at radius 2 is 2.03 bits per heavy atom. The number of carbonyl (C=O) groups is 1. The average molecular weight is 408 g/mol. The van der Waals surface area contributed by atoms with E-state index in [1.807, 2.05) is 6.92 Å². The summed E-state index contributed by atoms with van der Waals surface area (Å²) in [5.74, 6) is -0.521. The first-order valence-electron chi connectivity index (χ1n) is 10.5. The van der Waals surface area contributed by atoms with Gasteiger partial charge < -0.3 is 23.7 Å². The topological polar surface area (TPSA) is 96.6 Å². The molecule has 29 heavy (non-hydrogen) atoms. The van der Waals surface area contributed by atoms with Crippen LogP contribution in [0.1, 0.15) is 62.8 Å². The van der Waals surface area contributed by atoms with Crippen molar-refractivity contribution < 1.29 is 38.3 Å². The van der Waals surface area contributed by atoms with Crippen LogP contribution >= 0.6 is 0 Å². The second-order valence-electron chi connectivity index (χ2n) is 9.16. The van der Waals surface area contributed by atoms with E-state index in [1.165, 1.54) is 6.07 Å². The molecule has 8 heteroatoms. The van der Waals surface area contributed by atoms with Crippen molar-refractivity contribution in [2.75, 3.05) is 0 Å². The van der Waals surface area contributed by atoms with Crippen LogP contribution < -0.4 is 0 Å². The number of hydrogen-bond donors (Lipinski definition) is 1. The summed E-state index contributed by atoms with van der Waals surface area (Å²) in [5, 5.41) is 9.01. The SMILES string of the molecule is C[C@H]1[C@@H](OCc2ccc(C(=O)O)o2)O[C@@H]2O[C@@]3(C)CC[C@H]4[C@H](C)CC[C@@H]1[C@@]24OO3. The summed E-state index contributed by atoms with van der Waals surface area (Å²) in [6.45, 7) is 6.41. The van der Waals surface area contributed by atoms with Gasteiger partial charge in [0.15, 0.2) is 18.2 Å². The fourth-order valence-electron chi connectivity index (χ4n) is 5.80. The van der Waals surface area contributed by atoms with Gasteiger partial charge in [-0.25, -0.2) is 14.6 Å². The lowest BCUT2D eigenvalue weighted by Gasteiger charge is -2.60. The van der Waals surface area contributed by atoms with E-state index in [1.54, 1.807) is 6.07 Å². The molecule has 1 aromatic heterocycles. The van der Waals surface area contributed by atoms with Crippen molar-refractivity contribution in [3.05, 3.63) is 23.7 Å². The molecule has 1 spiro atoms. The van der Waals surface area contributed by atoms with E-state index in [4.69, 9.17) is 33.5 Å². The van der Waals surface area contributed by atoms with Crippen molar-refractivity contribution in [2.45, 2.75) is 77.0 Å². The van der Waals surface area contributed by atoms with Crippen LogP contribution in [0.4, 0.5) is 0 Å². The lowest BCUT2D eigenvalue weighted by atomic mass is 9.58. The van der Waals surface area contributed by atoms with Gasteiger partial charge >= 0.3 is 5.97 Å². The van der Waals surface area contributed by atoms with Crippen molar-refractivity contribution in [1.29, 1.82) is 0 Å². The molecule has 4 saturated heterocycles. The number of ether oxygens (including phenoxy) is 3. The van der Waals surface area contributed by atoms with E-state index in [0.29, 0.717) is 17.6 Å². The van der Waals surface area contributed by atoms with Gasteiger partial charge in [-0.3, -0.25) is 0 Å². The van der Waals surface area contributed by atoms with E-state index in [-0.39, 0.29) is 24.2 Å². The molecule has 160 valence electrons. The molecule has 4 aliphatic heterocycles. The van der Waals surface area contributed by atoms with E-state index in [9.17, 15) is 4.79 Å². The molecule has 0 amide bonds. The Labute approximate surface area is 169 Å². The summed E-state index contributed by atoms with van der Waals surface area (Å²) in [6, 6.07) is 3.03. The monoisotopic (exact) mass is 408 g/mol. The summed E-state index contributed by atoms with van der Waals surface area (Å²) in [4.78, 5) is 22.9. The fourth-order valence-corrected chi connectivity index (χ4v) is 5.80. The molecular formula is C21H28O8. The maximum absolute atomic E-state index is 11.0. The Kier molecular flexibility index (Phi) is 4.56. The molecule has 2 bridgehead atoms. The molecule has 0 aromatic carbocycles. The Balaban J connectivity index is 1.38. The minimum Gasteiger partial charge on any atom is -0.475 e. The summed E-state index contributed by atoms with van der Waals surface area (Å²) in [7, 11) is 0. The predicted octanol–water partition coefficient (Wildman–Crippen LogP) is 3.70. The van der Waals surface area contributed by atoms with Crippen LogP contribution in [-0.4, -0.2) is 35.0 Å². The maximum Gasteiger partial charge on any atom is 0.371 e. The maximum atomic E-state index is 11.0. The van der Waals surface area contributed by atoms with Gasteiger partial charge in [-0.05, 0) is 50.2 Å². The van der Waals surface area contributed by atoms with Crippen molar-refractivity contribution in [3.63, 3.8) is 0 Å². The smallest absolute Gasteiger partial charge is 0.371 e. The minimum absolute atomic E-state index is 0.0600. The predicted molar refractivity (Wildman–Crippen MR) is 97.3 cm³/mol. The van der Waals surface area contributed by atoms with Gasteiger partial charge in [-0.2, -0.15) is 0 Å². The molecule has 5 heterocycles. The molecule has 1 aromatic rings. The van der Waals surface area contributed by atoms with Crippen LogP contribution in [0.25, 0.3) is 0 Å². The summed E-state index contributed by atoms with van der Waals surface area (Å²) < 4.78 is 24.0. The molecule has 8 atom stereocenters. The van der Waals surface area contributed by atoms with Crippen LogP contribution in [-0.2, 0) is 30.6 Å². The van der Waals surface area contributed by atoms with Crippen molar-refractivity contribution >= 4 is 5.97 Å². The first-order chi connectivity index (χ1) is 13.8. The normalized spacial score (nSPS) is 46.2. The molecule has 6 rings (SSSR count). The van der Waals surface area contributed by atoms with Gasteiger partial charge in [-0.1, -0.05) is 13.8 Å². The van der Waals surface area contributed by atoms with Crippen molar-refractivity contribution in [1.82, 2.24) is 0 Å². The lowest BCUT2D eigenvalue weighted by Crippen LogP contribution is -2.70. The van der Waals surface area contributed by atoms with Crippen LogP contribution in [0.2, 0.25) is 0 Å². The number of hydrogen-bond acceptors (Lipinski definition) is 7. The molecule has 5 aliphatic rings. The fraction of sp³-hybridized carbons (Fsp3) is 0.762. The quantitative estimate of drug-likeness (QED) is 0.754. The Hall–Kier alpha value is -1.45. The van der Waals surface area contributed by atoms with Gasteiger partial charge in [0, 0.05) is 18.3 Å². The summed E-state index contributed by atoms with van der Waals surface area (Å²) >= 11 is 0. The molecular weight excluding hydrogens is 380 g/mol. The third-order valence-corrected chi connectivity index (χ3v) is 7.36. The standard InChI is InChI=1S/C21H28O8/c1-11-4-6-15-12(2)18(24-10-13-5-7-16(25-13)17(22)23)26-19-21(15)14(11)8-9-20(3,27-19)28-29-21/h5,7,11-12,14-15,18-19H,4,6,8-10H2,1-3H3,(H,22,23)/t11-,12-,14+,15+,18+,19-,20-,21-/m1/s1. The van der Waals surface area contributed by atoms with Crippen molar-refractivity contribution in [3.8, 4) is 0 Å². The molecule has 1 N–H and O–H groups in total. The second-order valence-corrected chi connectivity index (χ2v) is 9.16. The van der Waals surface area contributed by atoms with Crippen LogP contribution in [0.3, 0.4) is 0 Å². The Morgan fingerprint density at radius 1 is 1.21 bits per heavy atom. The van der Waals surface area contributed by atoms with E-state index in [2.05, 4.69) is 13.8 Å². The molecule has 0 radical (unpaired) electrons. The van der Waals surface area contributed by atoms with E-state index >= 15 is 0 Å².